The highest BCUT2D eigenvalue weighted by Crippen LogP contribution is 2.31. The van der Waals surface area contributed by atoms with Gasteiger partial charge in [-0.3, -0.25) is 0 Å². The molecule has 2 heterocycles. The Balaban J connectivity index is 1.62. The van der Waals surface area contributed by atoms with Crippen molar-refractivity contribution < 1.29 is 9.18 Å². The summed E-state index contributed by atoms with van der Waals surface area (Å²) in [6.45, 7) is 3.29. The summed E-state index contributed by atoms with van der Waals surface area (Å²) >= 11 is 1.62. The van der Waals surface area contributed by atoms with Crippen molar-refractivity contribution in [1.82, 2.24) is 15.2 Å². The molecule has 3 rings (SSSR count). The summed E-state index contributed by atoms with van der Waals surface area (Å²) in [5.41, 5.74) is 3.74. The molecule has 128 valence electrons. The van der Waals surface area contributed by atoms with Gasteiger partial charge in [-0.15, -0.1) is 11.3 Å². The van der Waals surface area contributed by atoms with Crippen molar-refractivity contribution in [1.29, 1.82) is 0 Å². The van der Waals surface area contributed by atoms with E-state index in [-0.39, 0.29) is 17.9 Å². The molecule has 0 unspecified atom stereocenters. The molecule has 1 saturated heterocycles. The van der Waals surface area contributed by atoms with Crippen molar-refractivity contribution in [2.45, 2.75) is 38.6 Å². The second-order valence-corrected chi connectivity index (χ2v) is 7.04. The molecular formula is C18H22FN3OS. The van der Waals surface area contributed by atoms with E-state index in [1.165, 1.54) is 17.0 Å². The molecule has 2 amide bonds. The van der Waals surface area contributed by atoms with Gasteiger partial charge in [-0.05, 0) is 43.9 Å². The van der Waals surface area contributed by atoms with Crippen LogP contribution in [0.15, 0.2) is 29.8 Å². The van der Waals surface area contributed by atoms with Crippen LogP contribution in [-0.2, 0) is 6.42 Å². The topological polar surface area (TPSA) is 45.2 Å². The second-order valence-electron chi connectivity index (χ2n) is 6.10. The van der Waals surface area contributed by atoms with Crippen LogP contribution >= 0.6 is 11.3 Å². The minimum Gasteiger partial charge on any atom is -0.338 e. The Hall–Kier alpha value is -1.95. The van der Waals surface area contributed by atoms with Crippen molar-refractivity contribution in [2.75, 3.05) is 13.1 Å². The van der Waals surface area contributed by atoms with Gasteiger partial charge in [-0.1, -0.05) is 12.1 Å². The van der Waals surface area contributed by atoms with Gasteiger partial charge in [0.25, 0.3) is 0 Å². The van der Waals surface area contributed by atoms with E-state index in [0.717, 1.165) is 36.9 Å². The van der Waals surface area contributed by atoms with Crippen LogP contribution < -0.4 is 5.32 Å². The summed E-state index contributed by atoms with van der Waals surface area (Å²) in [5.74, 6) is -0.251. The fraction of sp³-hybridized carbons (Fsp3) is 0.444. The lowest BCUT2D eigenvalue weighted by molar-refractivity contribution is 0.151. The maximum Gasteiger partial charge on any atom is 0.317 e. The number of likely N-dealkylation sites (tertiary alicyclic amines) is 1. The Kier molecular flexibility index (Phi) is 5.45. The van der Waals surface area contributed by atoms with Gasteiger partial charge < -0.3 is 10.2 Å². The third-order valence-electron chi connectivity index (χ3n) is 4.47. The van der Waals surface area contributed by atoms with Gasteiger partial charge in [0.2, 0.25) is 0 Å². The number of piperidine rings is 1. The number of nitrogens with one attached hydrogen (secondary N) is 1. The Labute approximate surface area is 145 Å². The summed E-state index contributed by atoms with van der Waals surface area (Å²) in [5, 5.41) is 3.00. The number of rotatable bonds is 4. The Morgan fingerprint density at radius 2 is 2.33 bits per heavy atom. The van der Waals surface area contributed by atoms with Gasteiger partial charge in [0.15, 0.2) is 0 Å². The first kappa shape index (κ1) is 16.9. The molecule has 0 radical (unpaired) electrons. The smallest absolute Gasteiger partial charge is 0.317 e. The number of carbonyl (C=O) groups is 1. The predicted molar refractivity (Wildman–Crippen MR) is 93.7 cm³/mol. The maximum atomic E-state index is 13.5. The number of hydrogen-bond acceptors (Lipinski definition) is 3. The molecule has 0 spiro atoms. The molecule has 1 N–H and O–H groups in total. The van der Waals surface area contributed by atoms with Crippen LogP contribution in [0, 0.1) is 12.7 Å². The van der Waals surface area contributed by atoms with Gasteiger partial charge in [0, 0.05) is 24.4 Å². The lowest BCUT2D eigenvalue weighted by atomic mass is 9.95. The van der Waals surface area contributed by atoms with Crippen LogP contribution in [0.3, 0.4) is 0 Å². The van der Waals surface area contributed by atoms with Crippen LogP contribution in [0.1, 0.15) is 41.4 Å². The number of hydrogen-bond donors (Lipinski definition) is 1. The van der Waals surface area contributed by atoms with E-state index in [4.69, 9.17) is 0 Å². The van der Waals surface area contributed by atoms with E-state index in [2.05, 4.69) is 10.3 Å². The van der Waals surface area contributed by atoms with Crippen molar-refractivity contribution in [2.24, 2.45) is 0 Å². The molecule has 0 aliphatic carbocycles. The van der Waals surface area contributed by atoms with Crippen LogP contribution in [0.4, 0.5) is 9.18 Å². The molecule has 24 heavy (non-hydrogen) atoms. The first-order chi connectivity index (χ1) is 11.6. The molecule has 6 heteroatoms. The summed E-state index contributed by atoms with van der Waals surface area (Å²) in [4.78, 5) is 19.9. The van der Waals surface area contributed by atoms with Gasteiger partial charge in [0.1, 0.15) is 5.82 Å². The van der Waals surface area contributed by atoms with Crippen molar-refractivity contribution >= 4 is 17.4 Å². The molecule has 1 aliphatic heterocycles. The lowest BCUT2D eigenvalue weighted by Gasteiger charge is -2.36. The zero-order valence-electron chi connectivity index (χ0n) is 13.8. The van der Waals surface area contributed by atoms with Crippen molar-refractivity contribution in [3.8, 4) is 0 Å². The Bertz CT molecular complexity index is 703. The molecule has 1 atom stereocenters. The number of halogens is 1. The van der Waals surface area contributed by atoms with Crippen LogP contribution in [0.25, 0.3) is 0 Å². The van der Waals surface area contributed by atoms with E-state index >= 15 is 0 Å². The number of aryl methyl sites for hydroxylation is 1. The average Bonchev–Trinajstić information content (AvgIpc) is 3.00. The summed E-state index contributed by atoms with van der Waals surface area (Å²) in [6, 6.07) is 6.48. The number of nitrogens with zero attached hydrogens (tertiary/aromatic N) is 2. The third kappa shape index (κ3) is 3.93. The van der Waals surface area contributed by atoms with E-state index < -0.39 is 0 Å². The molecule has 0 bridgehead atoms. The summed E-state index contributed by atoms with van der Waals surface area (Å²) in [7, 11) is 0. The Morgan fingerprint density at radius 1 is 1.46 bits per heavy atom. The summed E-state index contributed by atoms with van der Waals surface area (Å²) in [6.07, 6.45) is 3.73. The Morgan fingerprint density at radius 3 is 3.08 bits per heavy atom. The van der Waals surface area contributed by atoms with Crippen molar-refractivity contribution in [3.63, 3.8) is 0 Å². The van der Waals surface area contributed by atoms with Gasteiger partial charge >= 0.3 is 6.03 Å². The first-order valence-electron chi connectivity index (χ1n) is 8.34. The molecule has 1 aromatic carbocycles. The monoisotopic (exact) mass is 347 g/mol. The number of urea groups is 1. The fourth-order valence-electron chi connectivity index (χ4n) is 3.19. The average molecular weight is 347 g/mol. The zero-order chi connectivity index (χ0) is 16.9. The number of carbonyl (C=O) groups excluding carboxylic acids is 1. The first-order valence-corrected chi connectivity index (χ1v) is 9.22. The standard InChI is InChI=1S/C18H22FN3OS/c1-13-17(24-12-21-13)8-9-20-18(23)22-10-3-2-7-16(22)14-5-4-6-15(19)11-14/h4-6,11-12,16H,2-3,7-10H2,1H3,(H,20,23)/t16-/m0/s1. The normalized spacial score (nSPS) is 17.8. The highest BCUT2D eigenvalue weighted by molar-refractivity contribution is 7.09. The van der Waals surface area contributed by atoms with Gasteiger partial charge in [-0.2, -0.15) is 0 Å². The maximum absolute atomic E-state index is 13.5. The highest BCUT2D eigenvalue weighted by Gasteiger charge is 2.28. The van der Waals surface area contributed by atoms with Crippen LogP contribution in [-0.4, -0.2) is 29.0 Å². The fourth-order valence-corrected chi connectivity index (χ4v) is 3.97. The molecule has 1 fully saturated rings. The quantitative estimate of drug-likeness (QED) is 0.906. The van der Waals surface area contributed by atoms with Gasteiger partial charge in [0.05, 0.1) is 17.2 Å². The number of aromatic nitrogens is 1. The van der Waals surface area contributed by atoms with E-state index in [9.17, 15) is 9.18 Å². The number of amides is 2. The minimum absolute atomic E-state index is 0.0420. The van der Waals surface area contributed by atoms with Gasteiger partial charge in [-0.25, -0.2) is 14.2 Å². The number of thiazole rings is 1. The third-order valence-corrected chi connectivity index (χ3v) is 5.47. The summed E-state index contributed by atoms with van der Waals surface area (Å²) < 4.78 is 13.5. The second kappa shape index (κ2) is 7.75. The predicted octanol–water partition coefficient (Wildman–Crippen LogP) is 4.07. The van der Waals surface area contributed by atoms with E-state index in [0.29, 0.717) is 13.1 Å². The molecule has 1 aliphatic rings. The largest absolute Gasteiger partial charge is 0.338 e. The SMILES string of the molecule is Cc1ncsc1CCNC(=O)N1CCCC[C@H]1c1cccc(F)c1. The van der Waals surface area contributed by atoms with Crippen LogP contribution in [0.5, 0.6) is 0 Å². The van der Waals surface area contributed by atoms with E-state index in [1.807, 2.05) is 23.4 Å². The minimum atomic E-state index is -0.251. The van der Waals surface area contributed by atoms with Crippen molar-refractivity contribution in [3.05, 3.63) is 51.7 Å². The molecule has 1 aromatic heterocycles. The number of benzene rings is 1. The molecule has 4 nitrogen and oxygen atoms in total. The lowest BCUT2D eigenvalue weighted by Crippen LogP contribution is -2.45. The molecule has 0 saturated carbocycles. The molecular weight excluding hydrogens is 325 g/mol. The van der Waals surface area contributed by atoms with E-state index in [1.54, 1.807) is 17.4 Å². The molecule has 2 aromatic rings. The highest BCUT2D eigenvalue weighted by atomic mass is 32.1. The van der Waals surface area contributed by atoms with Crippen LogP contribution in [0.2, 0.25) is 0 Å². The zero-order valence-corrected chi connectivity index (χ0v) is 14.6.